The Morgan fingerprint density at radius 2 is 1.24 bits per heavy atom. The Balaban J connectivity index is 5.55. The number of esters is 3. The molecule has 0 amide bonds. The maximum absolute atomic E-state index is 13.1. The molecule has 8 nitrogen and oxygen atoms in total. The van der Waals surface area contributed by atoms with E-state index in [0.717, 1.165) is 27.7 Å². The van der Waals surface area contributed by atoms with E-state index in [1.165, 1.54) is 0 Å². The van der Waals surface area contributed by atoms with E-state index in [-0.39, 0.29) is 0 Å². The molecule has 4 atom stereocenters. The molecule has 0 saturated carbocycles. The molecule has 9 heteroatoms. The minimum absolute atomic E-state index is 0.870. The van der Waals surface area contributed by atoms with E-state index in [2.05, 4.69) is 9.47 Å². The molecular formula is C12H17FO8. The van der Waals surface area contributed by atoms with Crippen molar-refractivity contribution < 1.29 is 42.9 Å². The Bertz CT molecular complexity index is 419. The molecular weight excluding hydrogens is 291 g/mol. The van der Waals surface area contributed by atoms with Crippen molar-refractivity contribution in [3.05, 3.63) is 0 Å². The molecule has 0 aliphatic rings. The fraction of sp³-hybridized carbons (Fsp3) is 0.667. The molecule has 0 bridgehead atoms. The van der Waals surface area contributed by atoms with Gasteiger partial charge in [0, 0.05) is 20.8 Å². The van der Waals surface area contributed by atoms with Gasteiger partial charge in [0.15, 0.2) is 12.2 Å². The van der Waals surface area contributed by atoms with Crippen LogP contribution in [0.25, 0.3) is 0 Å². The largest absolute Gasteiger partial charge is 0.456 e. The maximum atomic E-state index is 13.1. The average molecular weight is 308 g/mol. The first-order chi connectivity index (χ1) is 9.56. The van der Waals surface area contributed by atoms with E-state index in [4.69, 9.17) is 4.74 Å². The van der Waals surface area contributed by atoms with Gasteiger partial charge in [0.05, 0.1) is 6.10 Å². The lowest BCUT2D eigenvalue weighted by molar-refractivity contribution is -0.195. The second-order valence-corrected chi connectivity index (χ2v) is 4.22. The van der Waals surface area contributed by atoms with Crippen molar-refractivity contribution in [2.45, 2.75) is 52.1 Å². The molecule has 4 unspecified atom stereocenters. The third kappa shape index (κ3) is 6.80. The van der Waals surface area contributed by atoms with E-state index in [1.807, 2.05) is 0 Å². The van der Waals surface area contributed by atoms with Crippen molar-refractivity contribution in [2.24, 2.45) is 0 Å². The van der Waals surface area contributed by atoms with Crippen LogP contribution in [0.3, 0.4) is 0 Å². The van der Waals surface area contributed by atoms with Gasteiger partial charge >= 0.3 is 23.9 Å². The van der Waals surface area contributed by atoms with E-state index in [1.54, 1.807) is 0 Å². The van der Waals surface area contributed by atoms with Gasteiger partial charge in [-0.1, -0.05) is 0 Å². The Kier molecular flexibility index (Phi) is 7.50. The molecule has 0 saturated heterocycles. The molecule has 0 fully saturated rings. The minimum Gasteiger partial charge on any atom is -0.456 e. The number of aliphatic hydroxyl groups is 1. The molecule has 0 radical (unpaired) electrons. The highest BCUT2D eigenvalue weighted by atomic mass is 19.1. The summed E-state index contributed by atoms with van der Waals surface area (Å²) in [6, 6.07) is -2.12. The fourth-order valence-electron chi connectivity index (χ4n) is 1.55. The van der Waals surface area contributed by atoms with Crippen LogP contribution in [-0.4, -0.2) is 53.5 Å². The van der Waals surface area contributed by atoms with Crippen molar-refractivity contribution >= 4 is 23.9 Å². The second-order valence-electron chi connectivity index (χ2n) is 4.22. The lowest BCUT2D eigenvalue weighted by Gasteiger charge is -2.31. The average Bonchev–Trinajstić information content (AvgIpc) is 2.29. The molecule has 0 spiro atoms. The smallest absolute Gasteiger partial charge is 0.345 e. The first-order valence-electron chi connectivity index (χ1n) is 5.95. The normalized spacial score (nSPS) is 16.1. The summed E-state index contributed by atoms with van der Waals surface area (Å²) in [5, 5.41) is 9.57. The van der Waals surface area contributed by atoms with Gasteiger partial charge in [-0.3, -0.25) is 19.2 Å². The summed E-state index contributed by atoms with van der Waals surface area (Å²) in [4.78, 5) is 43.9. The molecule has 0 rings (SSSR count). The Morgan fingerprint density at radius 3 is 1.52 bits per heavy atom. The lowest BCUT2D eigenvalue weighted by Crippen LogP contribution is -2.51. The Hall–Kier alpha value is -2.03. The van der Waals surface area contributed by atoms with E-state index < -0.39 is 48.4 Å². The van der Waals surface area contributed by atoms with Crippen LogP contribution in [0.15, 0.2) is 0 Å². The van der Waals surface area contributed by atoms with E-state index >= 15 is 0 Å². The summed E-state index contributed by atoms with van der Waals surface area (Å²) in [7, 11) is 0. The quantitative estimate of drug-likeness (QED) is 0.386. The summed E-state index contributed by atoms with van der Waals surface area (Å²) in [5.41, 5.74) is 0. The van der Waals surface area contributed by atoms with Gasteiger partial charge in [0.25, 0.3) is 0 Å². The zero-order valence-corrected chi connectivity index (χ0v) is 12.0. The third-order valence-corrected chi connectivity index (χ3v) is 2.22. The second kappa shape index (κ2) is 8.30. The van der Waals surface area contributed by atoms with Crippen molar-refractivity contribution in [2.75, 3.05) is 0 Å². The standard InChI is InChI=1S/C12H17FO8/c1-5(14)9(19-6(2)15)10(20-7(3)16)11(12(13)18)21-8(4)17/h5,9-11,14H,1-4H3. The summed E-state index contributed by atoms with van der Waals surface area (Å²) in [6.45, 7) is 4.02. The lowest BCUT2D eigenvalue weighted by atomic mass is 10.0. The summed E-state index contributed by atoms with van der Waals surface area (Å²) in [6.07, 6.45) is -6.97. The number of ether oxygens (including phenoxy) is 3. The van der Waals surface area contributed by atoms with Crippen LogP contribution in [0.4, 0.5) is 4.39 Å². The van der Waals surface area contributed by atoms with Crippen LogP contribution in [-0.2, 0) is 33.4 Å². The molecule has 0 aliphatic carbocycles. The third-order valence-electron chi connectivity index (χ3n) is 2.22. The van der Waals surface area contributed by atoms with Crippen molar-refractivity contribution in [1.82, 2.24) is 0 Å². The molecule has 0 aromatic carbocycles. The van der Waals surface area contributed by atoms with Crippen molar-refractivity contribution in [1.29, 1.82) is 0 Å². The summed E-state index contributed by atoms with van der Waals surface area (Å²) < 4.78 is 26.9. The number of hydrogen-bond acceptors (Lipinski definition) is 8. The van der Waals surface area contributed by atoms with Gasteiger partial charge in [-0.2, -0.15) is 4.39 Å². The van der Waals surface area contributed by atoms with Crippen LogP contribution in [0.2, 0.25) is 0 Å². The highest BCUT2D eigenvalue weighted by Crippen LogP contribution is 2.18. The zero-order valence-electron chi connectivity index (χ0n) is 12.0. The highest BCUT2D eigenvalue weighted by molar-refractivity contribution is 5.79. The zero-order chi connectivity index (χ0) is 16.7. The summed E-state index contributed by atoms with van der Waals surface area (Å²) >= 11 is 0. The molecule has 120 valence electrons. The number of carbonyl (C=O) groups excluding carboxylic acids is 4. The van der Waals surface area contributed by atoms with E-state index in [9.17, 15) is 28.7 Å². The van der Waals surface area contributed by atoms with Crippen LogP contribution in [0.1, 0.15) is 27.7 Å². The Morgan fingerprint density at radius 1 is 0.857 bits per heavy atom. The van der Waals surface area contributed by atoms with Gasteiger partial charge < -0.3 is 19.3 Å². The molecule has 0 aromatic heterocycles. The maximum Gasteiger partial charge on any atom is 0.345 e. The first-order valence-corrected chi connectivity index (χ1v) is 5.95. The molecule has 21 heavy (non-hydrogen) atoms. The predicted octanol–water partition coefficient (Wildman–Crippen LogP) is -0.342. The van der Waals surface area contributed by atoms with Crippen molar-refractivity contribution in [3.8, 4) is 0 Å². The van der Waals surface area contributed by atoms with Crippen LogP contribution >= 0.6 is 0 Å². The van der Waals surface area contributed by atoms with Gasteiger partial charge in [-0.15, -0.1) is 0 Å². The van der Waals surface area contributed by atoms with Crippen LogP contribution < -0.4 is 0 Å². The topological polar surface area (TPSA) is 116 Å². The van der Waals surface area contributed by atoms with Gasteiger partial charge in [-0.05, 0) is 6.92 Å². The molecule has 0 aromatic rings. The number of hydrogen-bond donors (Lipinski definition) is 1. The number of rotatable bonds is 7. The number of halogens is 1. The predicted molar refractivity (Wildman–Crippen MR) is 64.5 cm³/mol. The number of aliphatic hydroxyl groups excluding tert-OH is 1. The molecule has 1 N–H and O–H groups in total. The summed E-state index contributed by atoms with van der Waals surface area (Å²) in [5.74, 6) is -2.84. The van der Waals surface area contributed by atoms with Gasteiger partial charge in [0.1, 0.15) is 0 Å². The van der Waals surface area contributed by atoms with Crippen LogP contribution in [0.5, 0.6) is 0 Å². The monoisotopic (exact) mass is 308 g/mol. The van der Waals surface area contributed by atoms with E-state index in [0.29, 0.717) is 0 Å². The van der Waals surface area contributed by atoms with Gasteiger partial charge in [0.2, 0.25) is 6.10 Å². The number of carbonyl (C=O) groups is 4. The first kappa shape index (κ1) is 19.0. The fourth-order valence-corrected chi connectivity index (χ4v) is 1.55. The highest BCUT2D eigenvalue weighted by Gasteiger charge is 2.43. The van der Waals surface area contributed by atoms with Gasteiger partial charge in [-0.25, -0.2) is 0 Å². The SMILES string of the molecule is CC(=O)OC(C(=O)F)C(OC(C)=O)C(OC(C)=O)C(C)O. The Labute approximate surface area is 120 Å². The van der Waals surface area contributed by atoms with Crippen molar-refractivity contribution in [3.63, 3.8) is 0 Å². The van der Waals surface area contributed by atoms with Crippen LogP contribution in [0, 0.1) is 0 Å². The molecule has 0 aliphatic heterocycles. The molecule has 0 heterocycles. The minimum atomic E-state index is -2.15.